The van der Waals surface area contributed by atoms with Crippen molar-refractivity contribution in [3.8, 4) is 6.07 Å². The molecule has 1 heterocycles. The van der Waals surface area contributed by atoms with Crippen molar-refractivity contribution in [3.63, 3.8) is 0 Å². The lowest BCUT2D eigenvalue weighted by atomic mass is 10.1. The Hall–Kier alpha value is -3.72. The molecule has 0 radical (unpaired) electrons. The molecule has 0 bridgehead atoms. The molecule has 0 aliphatic rings. The molecule has 0 spiro atoms. The number of amides is 1. The highest BCUT2D eigenvalue weighted by atomic mass is 16.1. The molecule has 0 saturated carbocycles. The first kappa shape index (κ1) is 17.1. The van der Waals surface area contributed by atoms with E-state index < -0.39 is 0 Å². The van der Waals surface area contributed by atoms with Crippen LogP contribution in [0.4, 0.5) is 17.2 Å². The van der Waals surface area contributed by atoms with Gasteiger partial charge in [0.15, 0.2) is 11.5 Å². The SMILES string of the molecule is Cc1ccc(Nc2ccc(C(=O)Nc3ccc(C#N)cc3)nn2)c(C)c1. The number of benzene rings is 2. The highest BCUT2D eigenvalue weighted by molar-refractivity contribution is 6.02. The number of nitriles is 1. The Morgan fingerprint density at radius 3 is 2.38 bits per heavy atom. The van der Waals surface area contributed by atoms with E-state index in [1.165, 1.54) is 5.56 Å². The third-order valence-corrected chi connectivity index (χ3v) is 3.81. The summed E-state index contributed by atoms with van der Waals surface area (Å²) in [5.41, 5.74) is 4.57. The van der Waals surface area contributed by atoms with Crippen LogP contribution in [0.1, 0.15) is 27.2 Å². The highest BCUT2D eigenvalue weighted by Crippen LogP contribution is 2.20. The van der Waals surface area contributed by atoms with Gasteiger partial charge in [0.25, 0.3) is 5.91 Å². The largest absolute Gasteiger partial charge is 0.339 e. The number of hydrogen-bond donors (Lipinski definition) is 2. The molecule has 0 saturated heterocycles. The molecule has 0 fully saturated rings. The standard InChI is InChI=1S/C20H17N5O/c1-13-3-8-17(14(2)11-13)23-19-10-9-18(24-25-19)20(26)22-16-6-4-15(12-21)5-7-16/h3-11H,1-2H3,(H,22,26)(H,23,25). The number of hydrogen-bond acceptors (Lipinski definition) is 5. The highest BCUT2D eigenvalue weighted by Gasteiger charge is 2.09. The Balaban J connectivity index is 1.68. The van der Waals surface area contributed by atoms with E-state index in [9.17, 15) is 4.79 Å². The van der Waals surface area contributed by atoms with E-state index in [-0.39, 0.29) is 11.6 Å². The van der Waals surface area contributed by atoms with Gasteiger partial charge < -0.3 is 10.6 Å². The lowest BCUT2D eigenvalue weighted by Crippen LogP contribution is -2.14. The van der Waals surface area contributed by atoms with Crippen molar-refractivity contribution in [3.05, 3.63) is 77.0 Å². The maximum atomic E-state index is 12.2. The Morgan fingerprint density at radius 2 is 1.77 bits per heavy atom. The summed E-state index contributed by atoms with van der Waals surface area (Å²) in [5.74, 6) is 0.201. The number of aryl methyl sites for hydroxylation is 2. The molecule has 2 N–H and O–H groups in total. The van der Waals surface area contributed by atoms with Crippen LogP contribution in [0, 0.1) is 25.2 Å². The number of carbonyl (C=O) groups excluding carboxylic acids is 1. The number of nitrogens with one attached hydrogen (secondary N) is 2. The van der Waals surface area contributed by atoms with Gasteiger partial charge in [0.1, 0.15) is 0 Å². The molecule has 0 aliphatic heterocycles. The fourth-order valence-corrected chi connectivity index (χ4v) is 2.44. The predicted octanol–water partition coefficient (Wildman–Crippen LogP) is 3.96. The zero-order chi connectivity index (χ0) is 18.5. The summed E-state index contributed by atoms with van der Waals surface area (Å²) in [4.78, 5) is 12.2. The van der Waals surface area contributed by atoms with Crippen LogP contribution in [-0.2, 0) is 0 Å². The molecule has 1 amide bonds. The maximum Gasteiger partial charge on any atom is 0.276 e. The minimum absolute atomic E-state index is 0.209. The average Bonchev–Trinajstić information content (AvgIpc) is 2.65. The van der Waals surface area contributed by atoms with Crippen molar-refractivity contribution < 1.29 is 4.79 Å². The van der Waals surface area contributed by atoms with Crippen LogP contribution >= 0.6 is 0 Å². The van der Waals surface area contributed by atoms with Crippen molar-refractivity contribution in [2.75, 3.05) is 10.6 Å². The van der Waals surface area contributed by atoms with Gasteiger partial charge in [-0.15, -0.1) is 10.2 Å². The van der Waals surface area contributed by atoms with Crippen LogP contribution in [0.2, 0.25) is 0 Å². The van der Waals surface area contributed by atoms with Gasteiger partial charge in [-0.05, 0) is 61.9 Å². The summed E-state index contributed by atoms with van der Waals surface area (Å²) in [6.45, 7) is 4.06. The van der Waals surface area contributed by atoms with Gasteiger partial charge in [-0.3, -0.25) is 4.79 Å². The van der Waals surface area contributed by atoms with Crippen LogP contribution in [0.5, 0.6) is 0 Å². The van der Waals surface area contributed by atoms with Crippen molar-refractivity contribution in [2.24, 2.45) is 0 Å². The molecule has 3 aromatic rings. The second kappa shape index (κ2) is 7.45. The fourth-order valence-electron chi connectivity index (χ4n) is 2.44. The molecule has 0 unspecified atom stereocenters. The molecule has 1 aromatic heterocycles. The molecule has 6 nitrogen and oxygen atoms in total. The van der Waals surface area contributed by atoms with Gasteiger partial charge >= 0.3 is 0 Å². The molecule has 128 valence electrons. The van der Waals surface area contributed by atoms with Crippen LogP contribution in [0.3, 0.4) is 0 Å². The predicted molar refractivity (Wildman–Crippen MR) is 100 cm³/mol. The number of aromatic nitrogens is 2. The zero-order valence-corrected chi connectivity index (χ0v) is 14.4. The summed E-state index contributed by atoms with van der Waals surface area (Å²) >= 11 is 0. The van der Waals surface area contributed by atoms with E-state index in [1.807, 2.05) is 32.0 Å². The third-order valence-electron chi connectivity index (χ3n) is 3.81. The normalized spacial score (nSPS) is 10.0. The van der Waals surface area contributed by atoms with Crippen molar-refractivity contribution in [2.45, 2.75) is 13.8 Å². The number of nitrogens with zero attached hydrogens (tertiary/aromatic N) is 3. The summed E-state index contributed by atoms with van der Waals surface area (Å²) in [7, 11) is 0. The second-order valence-electron chi connectivity index (χ2n) is 5.89. The minimum atomic E-state index is -0.361. The maximum absolute atomic E-state index is 12.2. The Bertz CT molecular complexity index is 973. The Morgan fingerprint density at radius 1 is 1.00 bits per heavy atom. The quantitative estimate of drug-likeness (QED) is 0.748. The summed E-state index contributed by atoms with van der Waals surface area (Å²) in [6, 6.07) is 18.0. The first-order valence-electron chi connectivity index (χ1n) is 8.05. The van der Waals surface area contributed by atoms with E-state index in [0.29, 0.717) is 17.1 Å². The Labute approximate surface area is 151 Å². The molecular formula is C20H17N5O. The van der Waals surface area contributed by atoms with E-state index in [1.54, 1.807) is 36.4 Å². The molecule has 0 atom stereocenters. The molecule has 3 rings (SSSR count). The number of anilines is 3. The van der Waals surface area contributed by atoms with Crippen LogP contribution in [0.25, 0.3) is 0 Å². The number of carbonyl (C=O) groups is 1. The molecular weight excluding hydrogens is 326 g/mol. The van der Waals surface area contributed by atoms with E-state index in [0.717, 1.165) is 11.3 Å². The topological polar surface area (TPSA) is 90.7 Å². The van der Waals surface area contributed by atoms with E-state index in [4.69, 9.17) is 5.26 Å². The number of rotatable bonds is 4. The molecule has 26 heavy (non-hydrogen) atoms. The van der Waals surface area contributed by atoms with Gasteiger partial charge in [0, 0.05) is 11.4 Å². The second-order valence-corrected chi connectivity index (χ2v) is 5.89. The van der Waals surface area contributed by atoms with E-state index >= 15 is 0 Å². The van der Waals surface area contributed by atoms with Crippen molar-refractivity contribution in [1.82, 2.24) is 10.2 Å². The first-order chi connectivity index (χ1) is 12.5. The van der Waals surface area contributed by atoms with Crippen LogP contribution in [-0.4, -0.2) is 16.1 Å². The Kier molecular flexibility index (Phi) is 4.90. The van der Waals surface area contributed by atoms with Crippen LogP contribution < -0.4 is 10.6 Å². The summed E-state index contributed by atoms with van der Waals surface area (Å²) in [6.07, 6.45) is 0. The van der Waals surface area contributed by atoms with Gasteiger partial charge in [0.05, 0.1) is 11.6 Å². The smallest absolute Gasteiger partial charge is 0.276 e. The molecule has 2 aromatic carbocycles. The molecule has 6 heteroatoms. The van der Waals surface area contributed by atoms with Gasteiger partial charge in [0.2, 0.25) is 0 Å². The summed E-state index contributed by atoms with van der Waals surface area (Å²) < 4.78 is 0. The lowest BCUT2D eigenvalue weighted by Gasteiger charge is -2.09. The van der Waals surface area contributed by atoms with Crippen molar-refractivity contribution in [1.29, 1.82) is 5.26 Å². The minimum Gasteiger partial charge on any atom is -0.339 e. The van der Waals surface area contributed by atoms with Gasteiger partial charge in [-0.1, -0.05) is 17.7 Å². The zero-order valence-electron chi connectivity index (χ0n) is 14.4. The fraction of sp³-hybridized carbons (Fsp3) is 0.100. The average molecular weight is 343 g/mol. The van der Waals surface area contributed by atoms with Gasteiger partial charge in [-0.2, -0.15) is 5.26 Å². The summed E-state index contributed by atoms with van der Waals surface area (Å²) in [5, 5.41) is 22.7. The molecule has 0 aliphatic carbocycles. The third kappa shape index (κ3) is 4.02. The lowest BCUT2D eigenvalue weighted by molar-refractivity contribution is 0.102. The van der Waals surface area contributed by atoms with Crippen molar-refractivity contribution >= 4 is 23.1 Å². The van der Waals surface area contributed by atoms with Gasteiger partial charge in [-0.25, -0.2) is 0 Å². The van der Waals surface area contributed by atoms with Crippen LogP contribution in [0.15, 0.2) is 54.6 Å². The monoisotopic (exact) mass is 343 g/mol. The van der Waals surface area contributed by atoms with E-state index in [2.05, 4.69) is 26.9 Å². The first-order valence-corrected chi connectivity index (χ1v) is 8.05.